The molecule has 204 valence electrons. The summed E-state index contributed by atoms with van der Waals surface area (Å²) in [6.07, 6.45) is 15.5. The standard InChI is InChI=1S/C29H42N8O/c1-38-25-12-5-2-8-20(25)18-24-11-6-7-17-37(24)35-27-26-28(36(19-31-26)23-9-3-4-10-23)34-29(33-27)32-22-15-13-21(30)14-16-22/h2,5,8,12,19,21-24H,3-4,6-7,9-11,13-18,30H2,1H3,(H2,32,33,34,35). The number of para-hydroxylation sites is 1. The first kappa shape index (κ1) is 25.4. The summed E-state index contributed by atoms with van der Waals surface area (Å²) in [6.45, 7) is 0.970. The average Bonchev–Trinajstić information content (AvgIpc) is 3.62. The van der Waals surface area contributed by atoms with Crippen LogP contribution >= 0.6 is 0 Å². The Bertz CT molecular complexity index is 1210. The number of hydrogen-bond donors (Lipinski definition) is 3. The number of anilines is 2. The van der Waals surface area contributed by atoms with E-state index in [1.54, 1.807) is 7.11 Å². The van der Waals surface area contributed by atoms with Crippen molar-refractivity contribution in [2.24, 2.45) is 5.73 Å². The lowest BCUT2D eigenvalue weighted by Crippen LogP contribution is -2.45. The van der Waals surface area contributed by atoms with Crippen LogP contribution < -0.4 is 21.2 Å². The molecule has 0 amide bonds. The second kappa shape index (κ2) is 11.5. The molecule has 3 heterocycles. The highest BCUT2D eigenvalue weighted by Crippen LogP contribution is 2.34. The fourth-order valence-electron chi connectivity index (χ4n) is 6.58. The van der Waals surface area contributed by atoms with E-state index < -0.39 is 0 Å². The van der Waals surface area contributed by atoms with Crippen molar-refractivity contribution in [3.8, 4) is 5.75 Å². The van der Waals surface area contributed by atoms with Crippen molar-refractivity contribution in [2.45, 2.75) is 101 Å². The van der Waals surface area contributed by atoms with E-state index in [9.17, 15) is 0 Å². The van der Waals surface area contributed by atoms with Crippen LogP contribution in [-0.4, -0.2) is 56.3 Å². The van der Waals surface area contributed by atoms with Gasteiger partial charge in [0.25, 0.3) is 0 Å². The zero-order valence-corrected chi connectivity index (χ0v) is 22.6. The van der Waals surface area contributed by atoms with E-state index in [4.69, 9.17) is 25.4 Å². The maximum atomic E-state index is 6.16. The van der Waals surface area contributed by atoms with Crippen molar-refractivity contribution in [3.63, 3.8) is 0 Å². The van der Waals surface area contributed by atoms with Gasteiger partial charge in [0.1, 0.15) is 5.75 Å². The van der Waals surface area contributed by atoms with E-state index in [0.29, 0.717) is 30.1 Å². The highest BCUT2D eigenvalue weighted by Gasteiger charge is 2.28. The molecule has 4 N–H and O–H groups in total. The molecule has 0 bridgehead atoms. The Morgan fingerprint density at radius 1 is 0.974 bits per heavy atom. The minimum absolute atomic E-state index is 0.316. The van der Waals surface area contributed by atoms with Crippen LogP contribution in [0, 0.1) is 0 Å². The van der Waals surface area contributed by atoms with Gasteiger partial charge < -0.3 is 25.8 Å². The number of hydrogen-bond acceptors (Lipinski definition) is 8. The molecule has 0 spiro atoms. The van der Waals surface area contributed by atoms with Crippen LogP contribution in [0.1, 0.15) is 82.2 Å². The second-order valence-corrected chi connectivity index (χ2v) is 11.4. The van der Waals surface area contributed by atoms with Gasteiger partial charge in [-0.1, -0.05) is 37.5 Å². The number of aromatic nitrogens is 4. The largest absolute Gasteiger partial charge is 0.496 e. The van der Waals surface area contributed by atoms with Crippen LogP contribution in [0.5, 0.6) is 5.75 Å². The van der Waals surface area contributed by atoms with E-state index >= 15 is 0 Å². The number of nitrogens with one attached hydrogen (secondary N) is 2. The van der Waals surface area contributed by atoms with Crippen LogP contribution in [0.2, 0.25) is 0 Å². The summed E-state index contributed by atoms with van der Waals surface area (Å²) in [5, 5.41) is 6.02. The minimum Gasteiger partial charge on any atom is -0.496 e. The second-order valence-electron chi connectivity index (χ2n) is 11.4. The van der Waals surface area contributed by atoms with Gasteiger partial charge in [-0.25, -0.2) is 9.99 Å². The van der Waals surface area contributed by atoms with Crippen molar-refractivity contribution < 1.29 is 4.74 Å². The fourth-order valence-corrected chi connectivity index (χ4v) is 6.58. The molecule has 9 nitrogen and oxygen atoms in total. The first-order valence-corrected chi connectivity index (χ1v) is 14.6. The van der Waals surface area contributed by atoms with E-state index in [1.807, 2.05) is 12.4 Å². The van der Waals surface area contributed by atoms with Crippen molar-refractivity contribution in [1.82, 2.24) is 24.5 Å². The third kappa shape index (κ3) is 5.45. The monoisotopic (exact) mass is 518 g/mol. The fraction of sp³-hybridized carbons (Fsp3) is 0.621. The van der Waals surface area contributed by atoms with Crippen LogP contribution in [0.25, 0.3) is 11.2 Å². The third-order valence-electron chi connectivity index (χ3n) is 8.77. The third-order valence-corrected chi connectivity index (χ3v) is 8.77. The number of methoxy groups -OCH3 is 1. The molecule has 1 saturated heterocycles. The summed E-state index contributed by atoms with van der Waals surface area (Å²) in [5.41, 5.74) is 12.9. The molecule has 1 atom stereocenters. The lowest BCUT2D eigenvalue weighted by molar-refractivity contribution is 0.180. The Labute approximate surface area is 225 Å². The lowest BCUT2D eigenvalue weighted by Gasteiger charge is -2.36. The average molecular weight is 519 g/mol. The lowest BCUT2D eigenvalue weighted by atomic mass is 9.92. The topological polar surface area (TPSA) is 106 Å². The normalized spacial score (nSPS) is 25.1. The summed E-state index contributed by atoms with van der Waals surface area (Å²) in [7, 11) is 1.75. The molecule has 2 aromatic heterocycles. The molecule has 1 unspecified atom stereocenters. The van der Waals surface area contributed by atoms with Gasteiger partial charge in [-0.3, -0.25) is 0 Å². The zero-order valence-electron chi connectivity index (χ0n) is 22.6. The van der Waals surface area contributed by atoms with Crippen molar-refractivity contribution >= 4 is 22.9 Å². The number of hydrazine groups is 1. The first-order valence-electron chi connectivity index (χ1n) is 14.6. The number of benzene rings is 1. The summed E-state index contributed by atoms with van der Waals surface area (Å²) >= 11 is 0. The van der Waals surface area contributed by atoms with Crippen molar-refractivity contribution in [1.29, 1.82) is 0 Å². The van der Waals surface area contributed by atoms with E-state index in [-0.39, 0.29) is 0 Å². The number of ether oxygens (including phenoxy) is 1. The Kier molecular flexibility index (Phi) is 7.65. The Hall–Kier alpha value is -2.91. The van der Waals surface area contributed by atoms with Gasteiger partial charge in [0.05, 0.1) is 13.4 Å². The predicted molar refractivity (Wildman–Crippen MR) is 151 cm³/mol. The van der Waals surface area contributed by atoms with Gasteiger partial charge in [-0.2, -0.15) is 9.97 Å². The smallest absolute Gasteiger partial charge is 0.227 e. The van der Waals surface area contributed by atoms with E-state index in [2.05, 4.69) is 38.5 Å². The SMILES string of the molecule is COc1ccccc1CC1CCCCN1Nc1nc(NC2CCC(N)CC2)nc2c1ncn2C1CCCC1. The Morgan fingerprint density at radius 3 is 2.58 bits per heavy atom. The summed E-state index contributed by atoms with van der Waals surface area (Å²) in [4.78, 5) is 14.9. The number of nitrogens with zero attached hydrogens (tertiary/aromatic N) is 5. The van der Waals surface area contributed by atoms with Gasteiger partial charge >= 0.3 is 0 Å². The number of fused-ring (bicyclic) bond motifs is 1. The molecule has 3 aromatic rings. The molecule has 6 rings (SSSR count). The van der Waals surface area contributed by atoms with Gasteiger partial charge in [0.15, 0.2) is 17.0 Å². The van der Waals surface area contributed by atoms with Crippen molar-refractivity contribution in [3.05, 3.63) is 36.2 Å². The molecule has 1 aromatic carbocycles. The van der Waals surface area contributed by atoms with Gasteiger partial charge in [0, 0.05) is 30.7 Å². The number of imidazole rings is 1. The van der Waals surface area contributed by atoms with Crippen LogP contribution in [0.3, 0.4) is 0 Å². The van der Waals surface area contributed by atoms with E-state index in [0.717, 1.165) is 74.2 Å². The maximum absolute atomic E-state index is 6.16. The van der Waals surface area contributed by atoms with Crippen molar-refractivity contribution in [2.75, 3.05) is 24.4 Å². The molecule has 1 aliphatic heterocycles. The molecule has 2 aliphatic carbocycles. The molecule has 3 aliphatic rings. The van der Waals surface area contributed by atoms with Gasteiger partial charge in [-0.05, 0) is 69.4 Å². The number of piperidine rings is 1. The summed E-state index contributed by atoms with van der Waals surface area (Å²) < 4.78 is 7.95. The number of nitrogens with two attached hydrogens (primary N) is 1. The molecule has 2 saturated carbocycles. The van der Waals surface area contributed by atoms with Crippen LogP contribution in [-0.2, 0) is 6.42 Å². The number of rotatable bonds is 8. The van der Waals surface area contributed by atoms with Crippen LogP contribution in [0.4, 0.5) is 11.8 Å². The zero-order chi connectivity index (χ0) is 25.9. The van der Waals surface area contributed by atoms with Crippen LogP contribution in [0.15, 0.2) is 30.6 Å². The summed E-state index contributed by atoms with van der Waals surface area (Å²) in [5.74, 6) is 2.45. The summed E-state index contributed by atoms with van der Waals surface area (Å²) in [6, 6.07) is 9.85. The predicted octanol–water partition coefficient (Wildman–Crippen LogP) is 5.06. The maximum Gasteiger partial charge on any atom is 0.227 e. The first-order chi connectivity index (χ1) is 18.7. The molecular weight excluding hydrogens is 476 g/mol. The van der Waals surface area contributed by atoms with E-state index in [1.165, 1.54) is 37.7 Å². The van der Waals surface area contributed by atoms with Gasteiger partial charge in [-0.15, -0.1) is 0 Å². The molecule has 9 heteroatoms. The minimum atomic E-state index is 0.316. The highest BCUT2D eigenvalue weighted by atomic mass is 16.5. The molecular formula is C29H42N8O. The highest BCUT2D eigenvalue weighted by molar-refractivity contribution is 5.84. The molecule has 3 fully saturated rings. The molecule has 0 radical (unpaired) electrons. The quantitative estimate of drug-likeness (QED) is 0.380. The van der Waals surface area contributed by atoms with Gasteiger partial charge in [0.2, 0.25) is 5.95 Å². The Balaban J connectivity index is 1.29. The Morgan fingerprint density at radius 2 is 1.76 bits per heavy atom. The molecule has 38 heavy (non-hydrogen) atoms.